The van der Waals surface area contributed by atoms with Gasteiger partial charge in [0, 0.05) is 61.9 Å². The number of aromatic nitrogens is 4. The highest BCUT2D eigenvalue weighted by Gasteiger charge is 2.14. The number of hydrogen-bond acceptors (Lipinski definition) is 9. The van der Waals surface area contributed by atoms with Gasteiger partial charge in [-0.25, -0.2) is 15.0 Å². The van der Waals surface area contributed by atoms with E-state index in [4.69, 9.17) is 14.6 Å². The fourth-order valence-electron chi connectivity index (χ4n) is 3.25. The number of ether oxygens (including phenoxy) is 2. The molecule has 0 fully saturated rings. The lowest BCUT2D eigenvalue weighted by atomic mass is 10.1. The minimum atomic E-state index is -0.232. The summed E-state index contributed by atoms with van der Waals surface area (Å²) in [4.78, 5) is 26.5. The third-order valence-electron chi connectivity index (χ3n) is 5.07. The molecular formula is C25H38N6O4. The maximum absolute atomic E-state index is 13.2. The highest BCUT2D eigenvalue weighted by molar-refractivity contribution is 5.78. The van der Waals surface area contributed by atoms with Crippen LogP contribution < -0.4 is 20.9 Å². The number of pyridine rings is 2. The van der Waals surface area contributed by atoms with Gasteiger partial charge in [0.15, 0.2) is 11.5 Å². The highest BCUT2D eigenvalue weighted by Crippen LogP contribution is 2.23. The Balaban J connectivity index is 0.00000210. The van der Waals surface area contributed by atoms with E-state index < -0.39 is 0 Å². The van der Waals surface area contributed by atoms with E-state index in [0.29, 0.717) is 49.9 Å². The smallest absolute Gasteiger partial charge is 0.293 e. The normalized spacial score (nSPS) is 11.6. The van der Waals surface area contributed by atoms with Crippen LogP contribution in [-0.2, 0) is 11.3 Å². The van der Waals surface area contributed by atoms with Crippen LogP contribution in [0.5, 0.6) is 5.88 Å². The van der Waals surface area contributed by atoms with E-state index in [1.54, 1.807) is 30.1 Å². The molecule has 192 valence electrons. The van der Waals surface area contributed by atoms with Crippen molar-refractivity contribution in [3.05, 3.63) is 40.9 Å². The fraction of sp³-hybridized carbons (Fsp3) is 0.520. The molecule has 3 aromatic heterocycles. The molecular weight excluding hydrogens is 448 g/mol. The molecule has 10 heteroatoms. The van der Waals surface area contributed by atoms with E-state index in [9.17, 15) is 4.79 Å². The van der Waals surface area contributed by atoms with Gasteiger partial charge in [-0.05, 0) is 25.5 Å². The predicted octanol–water partition coefficient (Wildman–Crippen LogP) is 2.70. The number of nitrogens with one attached hydrogen (secondary N) is 2. The SMILES string of the molecule is CC.CCCOCCn1c(=O)c(NCCNC(C)CO)nc2ncc(-c3ccc(OC)nc3)cc21. The van der Waals surface area contributed by atoms with E-state index in [2.05, 4.69) is 25.6 Å². The molecule has 0 aliphatic heterocycles. The second-order valence-corrected chi connectivity index (χ2v) is 7.65. The molecule has 0 aromatic carbocycles. The molecule has 0 saturated heterocycles. The first-order valence-electron chi connectivity index (χ1n) is 12.1. The van der Waals surface area contributed by atoms with Gasteiger partial charge < -0.3 is 25.2 Å². The first kappa shape index (κ1) is 28.2. The number of hydrogen-bond donors (Lipinski definition) is 3. The molecule has 0 bridgehead atoms. The van der Waals surface area contributed by atoms with Crippen molar-refractivity contribution < 1.29 is 14.6 Å². The fourth-order valence-corrected chi connectivity index (χ4v) is 3.25. The molecule has 1 unspecified atom stereocenters. The lowest BCUT2D eigenvalue weighted by Gasteiger charge is -2.15. The van der Waals surface area contributed by atoms with E-state index in [1.807, 2.05) is 39.8 Å². The minimum absolute atomic E-state index is 0.0173. The standard InChI is InChI=1S/C23H32N6O4.C2H6/c1-4-10-33-11-9-29-19-12-18(17-5-6-20(32-3)26-13-17)14-27-21(19)28-22(23(29)31)25-8-7-24-16(2)15-30;1-2/h5-6,12-14,16,24,30H,4,7-11,15H2,1-3H3,(H,25,27,28);1-2H3. The molecule has 0 aliphatic carbocycles. The van der Waals surface area contributed by atoms with E-state index >= 15 is 0 Å². The Kier molecular flexibility index (Phi) is 12.1. The number of anilines is 1. The Bertz CT molecular complexity index is 1090. The average Bonchev–Trinajstić information content (AvgIpc) is 2.91. The van der Waals surface area contributed by atoms with Crippen molar-refractivity contribution in [2.75, 3.05) is 45.3 Å². The van der Waals surface area contributed by atoms with Crippen molar-refractivity contribution in [1.29, 1.82) is 0 Å². The zero-order valence-electron chi connectivity index (χ0n) is 21.4. The van der Waals surface area contributed by atoms with Crippen LogP contribution in [0.3, 0.4) is 0 Å². The summed E-state index contributed by atoms with van der Waals surface area (Å²) in [6, 6.07) is 5.55. The molecule has 0 aliphatic rings. The largest absolute Gasteiger partial charge is 0.481 e. The summed E-state index contributed by atoms with van der Waals surface area (Å²) in [5, 5.41) is 15.4. The molecule has 3 heterocycles. The minimum Gasteiger partial charge on any atom is -0.481 e. The highest BCUT2D eigenvalue weighted by atomic mass is 16.5. The second kappa shape index (κ2) is 15.0. The number of methoxy groups -OCH3 is 1. The number of aliphatic hydroxyl groups is 1. The van der Waals surface area contributed by atoms with E-state index in [-0.39, 0.29) is 24.0 Å². The third-order valence-corrected chi connectivity index (χ3v) is 5.07. The molecule has 0 saturated carbocycles. The van der Waals surface area contributed by atoms with Crippen LogP contribution >= 0.6 is 0 Å². The zero-order valence-corrected chi connectivity index (χ0v) is 21.4. The summed E-state index contributed by atoms with van der Waals surface area (Å²) in [5.74, 6) is 0.764. The lowest BCUT2D eigenvalue weighted by molar-refractivity contribution is 0.127. The Labute approximate surface area is 206 Å². The van der Waals surface area contributed by atoms with Gasteiger partial charge in [0.05, 0.1) is 25.8 Å². The lowest BCUT2D eigenvalue weighted by Crippen LogP contribution is -2.34. The van der Waals surface area contributed by atoms with Crippen LogP contribution in [0.1, 0.15) is 34.1 Å². The summed E-state index contributed by atoms with van der Waals surface area (Å²) in [7, 11) is 1.57. The van der Waals surface area contributed by atoms with Gasteiger partial charge in [-0.15, -0.1) is 0 Å². The van der Waals surface area contributed by atoms with Gasteiger partial charge in [-0.3, -0.25) is 9.36 Å². The third kappa shape index (κ3) is 7.98. The number of nitrogens with zero attached hydrogens (tertiary/aromatic N) is 4. The monoisotopic (exact) mass is 486 g/mol. The summed E-state index contributed by atoms with van der Waals surface area (Å²) >= 11 is 0. The average molecular weight is 487 g/mol. The molecule has 10 nitrogen and oxygen atoms in total. The van der Waals surface area contributed by atoms with Crippen LogP contribution in [0.4, 0.5) is 5.82 Å². The molecule has 3 aromatic rings. The zero-order chi connectivity index (χ0) is 25.6. The van der Waals surface area contributed by atoms with Gasteiger partial charge in [0.1, 0.15) is 0 Å². The van der Waals surface area contributed by atoms with Crippen LogP contribution in [-0.4, -0.2) is 70.7 Å². The molecule has 0 spiro atoms. The van der Waals surface area contributed by atoms with Gasteiger partial charge in [0.25, 0.3) is 5.56 Å². The van der Waals surface area contributed by atoms with Crippen LogP contribution in [0.2, 0.25) is 0 Å². The van der Waals surface area contributed by atoms with Gasteiger partial charge in [0.2, 0.25) is 5.88 Å². The maximum atomic E-state index is 13.2. The Morgan fingerprint density at radius 3 is 2.54 bits per heavy atom. The van der Waals surface area contributed by atoms with Crippen molar-refractivity contribution in [2.24, 2.45) is 0 Å². The Morgan fingerprint density at radius 1 is 1.11 bits per heavy atom. The number of fused-ring (bicyclic) bond motifs is 1. The first-order chi connectivity index (χ1) is 17.1. The van der Waals surface area contributed by atoms with Crippen molar-refractivity contribution >= 4 is 17.0 Å². The van der Waals surface area contributed by atoms with Crippen molar-refractivity contribution in [3.8, 4) is 17.0 Å². The van der Waals surface area contributed by atoms with E-state index in [0.717, 1.165) is 17.5 Å². The summed E-state index contributed by atoms with van der Waals surface area (Å²) in [6.45, 7) is 10.5. The second-order valence-electron chi connectivity index (χ2n) is 7.65. The molecule has 3 N–H and O–H groups in total. The van der Waals surface area contributed by atoms with E-state index in [1.165, 1.54) is 0 Å². The van der Waals surface area contributed by atoms with Crippen LogP contribution in [0.25, 0.3) is 22.3 Å². The Hall–Kier alpha value is -3.08. The first-order valence-corrected chi connectivity index (χ1v) is 12.1. The Morgan fingerprint density at radius 2 is 1.89 bits per heavy atom. The van der Waals surface area contributed by atoms with Gasteiger partial charge >= 0.3 is 0 Å². The van der Waals surface area contributed by atoms with Crippen molar-refractivity contribution in [2.45, 2.75) is 46.7 Å². The summed E-state index contributed by atoms with van der Waals surface area (Å²) in [6.07, 6.45) is 4.34. The quantitative estimate of drug-likeness (QED) is 0.313. The molecule has 35 heavy (non-hydrogen) atoms. The topological polar surface area (TPSA) is 123 Å². The molecule has 0 amide bonds. The molecule has 1 atom stereocenters. The number of rotatable bonds is 13. The number of aliphatic hydroxyl groups excluding tert-OH is 1. The maximum Gasteiger partial charge on any atom is 0.293 e. The van der Waals surface area contributed by atoms with Crippen LogP contribution in [0.15, 0.2) is 35.4 Å². The summed E-state index contributed by atoms with van der Waals surface area (Å²) < 4.78 is 12.4. The van der Waals surface area contributed by atoms with Crippen molar-refractivity contribution in [3.63, 3.8) is 0 Å². The van der Waals surface area contributed by atoms with Gasteiger partial charge in [-0.2, -0.15) is 0 Å². The molecule has 3 rings (SSSR count). The molecule has 0 radical (unpaired) electrons. The van der Waals surface area contributed by atoms with Crippen LogP contribution in [0, 0.1) is 0 Å². The van der Waals surface area contributed by atoms with Gasteiger partial charge in [-0.1, -0.05) is 20.8 Å². The van der Waals surface area contributed by atoms with Crippen molar-refractivity contribution in [1.82, 2.24) is 24.8 Å². The summed E-state index contributed by atoms with van der Waals surface area (Å²) in [5.41, 5.74) is 2.55. The predicted molar refractivity (Wildman–Crippen MR) is 139 cm³/mol.